The number of sulfonamides is 2. The number of terminal acetylenes is 1. The lowest BCUT2D eigenvalue weighted by atomic mass is 10.3. The Kier molecular flexibility index (Phi) is 4.32. The molecular weight excluding hydrogens is 295 g/mol. The van der Waals surface area contributed by atoms with Crippen molar-refractivity contribution in [3.8, 4) is 12.3 Å². The largest absolute Gasteiger partial charge is 0.244 e. The quantitative estimate of drug-likeness (QED) is 0.749. The van der Waals surface area contributed by atoms with Gasteiger partial charge in [-0.2, -0.15) is 4.72 Å². The highest BCUT2D eigenvalue weighted by Crippen LogP contribution is 2.18. The molecule has 104 valence electrons. The van der Waals surface area contributed by atoms with Gasteiger partial charge >= 0.3 is 0 Å². The molecular formula is C10H11FN2O4S2. The Morgan fingerprint density at radius 3 is 2.37 bits per heavy atom. The third-order valence-corrected chi connectivity index (χ3v) is 4.59. The monoisotopic (exact) mass is 306 g/mol. The van der Waals surface area contributed by atoms with Crippen LogP contribution in [-0.4, -0.2) is 22.9 Å². The minimum Gasteiger partial charge on any atom is -0.225 e. The van der Waals surface area contributed by atoms with E-state index >= 15 is 0 Å². The number of primary sulfonamides is 1. The van der Waals surface area contributed by atoms with Crippen LogP contribution in [0.15, 0.2) is 28.0 Å². The Bertz CT molecular complexity index is 735. The average Bonchev–Trinajstić information content (AvgIpc) is 2.26. The second-order valence-electron chi connectivity index (χ2n) is 3.65. The predicted octanol–water partition coefficient (Wildman–Crippen LogP) is -0.227. The molecule has 0 aromatic heterocycles. The maximum absolute atomic E-state index is 13.6. The molecule has 0 aliphatic rings. The van der Waals surface area contributed by atoms with Crippen LogP contribution in [-0.2, 0) is 20.0 Å². The Balaban J connectivity index is 3.29. The number of benzene rings is 1. The zero-order valence-electron chi connectivity index (χ0n) is 9.79. The van der Waals surface area contributed by atoms with Crippen LogP contribution >= 0.6 is 0 Å². The van der Waals surface area contributed by atoms with Gasteiger partial charge in [0.2, 0.25) is 20.0 Å². The number of nitrogens with two attached hydrogens (primary N) is 1. The van der Waals surface area contributed by atoms with Crippen LogP contribution in [0.3, 0.4) is 0 Å². The minimum absolute atomic E-state index is 0.519. The first-order valence-electron chi connectivity index (χ1n) is 4.89. The van der Waals surface area contributed by atoms with Crippen LogP contribution in [0.4, 0.5) is 4.39 Å². The number of hydrogen-bond donors (Lipinski definition) is 2. The molecule has 0 aliphatic carbocycles. The van der Waals surface area contributed by atoms with Crippen LogP contribution < -0.4 is 9.86 Å². The Hall–Kier alpha value is -1.47. The minimum atomic E-state index is -4.17. The zero-order valence-corrected chi connectivity index (χ0v) is 11.4. The van der Waals surface area contributed by atoms with Crippen molar-refractivity contribution < 1.29 is 21.2 Å². The number of hydrogen-bond acceptors (Lipinski definition) is 4. The fourth-order valence-electron chi connectivity index (χ4n) is 1.21. The van der Waals surface area contributed by atoms with E-state index in [0.717, 1.165) is 12.1 Å². The maximum Gasteiger partial charge on any atom is 0.244 e. The van der Waals surface area contributed by atoms with Crippen molar-refractivity contribution >= 4 is 20.0 Å². The topological polar surface area (TPSA) is 106 Å². The third-order valence-electron chi connectivity index (χ3n) is 2.10. The van der Waals surface area contributed by atoms with Crippen LogP contribution in [0.25, 0.3) is 0 Å². The average molecular weight is 306 g/mol. The van der Waals surface area contributed by atoms with Gasteiger partial charge in [-0.05, 0) is 25.1 Å². The van der Waals surface area contributed by atoms with Crippen LogP contribution in [0.5, 0.6) is 0 Å². The summed E-state index contributed by atoms with van der Waals surface area (Å²) in [6, 6.07) is 1.40. The molecule has 1 rings (SSSR count). The highest BCUT2D eigenvalue weighted by atomic mass is 32.2. The summed E-state index contributed by atoms with van der Waals surface area (Å²) in [7, 11) is -8.27. The molecule has 1 unspecified atom stereocenters. The van der Waals surface area contributed by atoms with Crippen molar-refractivity contribution in [2.75, 3.05) is 0 Å². The standard InChI is InChI=1S/C10H11FN2O4S2/c1-3-7(2)13-19(16,17)10-5-4-8(6-9(10)11)18(12,14)15/h1,4-7,13H,2H3,(H2,12,14,15). The lowest BCUT2D eigenvalue weighted by Crippen LogP contribution is -2.32. The van der Waals surface area contributed by atoms with Crippen molar-refractivity contribution in [3.05, 3.63) is 24.0 Å². The molecule has 0 spiro atoms. The molecule has 6 nitrogen and oxygen atoms in total. The number of nitrogens with one attached hydrogen (secondary N) is 1. The first kappa shape index (κ1) is 15.6. The van der Waals surface area contributed by atoms with Gasteiger partial charge in [-0.1, -0.05) is 5.92 Å². The summed E-state index contributed by atoms with van der Waals surface area (Å²) in [5.74, 6) is 0.884. The number of rotatable bonds is 4. The fourth-order valence-corrected chi connectivity index (χ4v) is 2.96. The molecule has 1 aromatic carbocycles. The molecule has 0 fully saturated rings. The predicted molar refractivity (Wildman–Crippen MR) is 66.4 cm³/mol. The lowest BCUT2D eigenvalue weighted by molar-refractivity contribution is 0.550. The Labute approximate surface area is 110 Å². The Morgan fingerprint density at radius 1 is 1.37 bits per heavy atom. The van der Waals surface area contributed by atoms with Gasteiger partial charge in [-0.25, -0.2) is 26.4 Å². The summed E-state index contributed by atoms with van der Waals surface area (Å²) in [5, 5.41) is 4.80. The smallest absolute Gasteiger partial charge is 0.225 e. The molecule has 0 radical (unpaired) electrons. The molecule has 0 heterocycles. The Morgan fingerprint density at radius 2 is 1.95 bits per heavy atom. The van der Waals surface area contributed by atoms with E-state index in [2.05, 4.69) is 5.92 Å². The summed E-state index contributed by atoms with van der Waals surface area (Å²) in [5.41, 5.74) is 0. The fraction of sp³-hybridized carbons (Fsp3) is 0.200. The molecule has 19 heavy (non-hydrogen) atoms. The molecule has 0 bridgehead atoms. The maximum atomic E-state index is 13.6. The van der Waals surface area contributed by atoms with Crippen LogP contribution in [0, 0.1) is 18.2 Å². The summed E-state index contributed by atoms with van der Waals surface area (Å²) in [6.45, 7) is 1.40. The van der Waals surface area contributed by atoms with E-state index in [9.17, 15) is 21.2 Å². The van der Waals surface area contributed by atoms with Crippen molar-refractivity contribution in [3.63, 3.8) is 0 Å². The van der Waals surface area contributed by atoms with E-state index in [4.69, 9.17) is 11.6 Å². The molecule has 0 saturated heterocycles. The van der Waals surface area contributed by atoms with E-state index in [1.165, 1.54) is 6.92 Å². The second-order valence-corrected chi connectivity index (χ2v) is 6.89. The lowest BCUT2D eigenvalue weighted by Gasteiger charge is -2.10. The summed E-state index contributed by atoms with van der Waals surface area (Å²) >= 11 is 0. The summed E-state index contributed by atoms with van der Waals surface area (Å²) in [4.78, 5) is -1.23. The van der Waals surface area contributed by atoms with E-state index in [1.807, 2.05) is 4.72 Å². The van der Waals surface area contributed by atoms with Gasteiger partial charge in [0.25, 0.3) is 0 Å². The van der Waals surface area contributed by atoms with E-state index < -0.39 is 41.7 Å². The molecule has 0 amide bonds. The van der Waals surface area contributed by atoms with Crippen molar-refractivity contribution in [2.45, 2.75) is 22.8 Å². The first-order valence-corrected chi connectivity index (χ1v) is 7.91. The third kappa shape index (κ3) is 3.74. The van der Waals surface area contributed by atoms with Gasteiger partial charge in [-0.3, -0.25) is 0 Å². The molecule has 0 saturated carbocycles. The van der Waals surface area contributed by atoms with Crippen molar-refractivity contribution in [1.29, 1.82) is 0 Å². The normalized spacial score (nSPS) is 13.8. The van der Waals surface area contributed by atoms with Gasteiger partial charge in [-0.15, -0.1) is 6.42 Å². The highest BCUT2D eigenvalue weighted by Gasteiger charge is 2.22. The molecule has 1 atom stereocenters. The van der Waals surface area contributed by atoms with Crippen LogP contribution in [0.1, 0.15) is 6.92 Å². The van der Waals surface area contributed by atoms with Crippen LogP contribution in [0.2, 0.25) is 0 Å². The summed E-state index contributed by atoms with van der Waals surface area (Å²) < 4.78 is 61.2. The van der Waals surface area contributed by atoms with Gasteiger partial charge in [0.1, 0.15) is 10.7 Å². The molecule has 1 aromatic rings. The summed E-state index contributed by atoms with van der Waals surface area (Å²) in [6.07, 6.45) is 5.01. The SMILES string of the molecule is C#CC(C)NS(=O)(=O)c1ccc(S(N)(=O)=O)cc1F. The van der Waals surface area contributed by atoms with E-state index in [1.54, 1.807) is 0 Å². The number of halogens is 1. The molecule has 0 aliphatic heterocycles. The zero-order chi connectivity index (χ0) is 14.8. The first-order chi connectivity index (χ1) is 8.58. The van der Waals surface area contributed by atoms with E-state index in [0.29, 0.717) is 6.07 Å². The van der Waals surface area contributed by atoms with Gasteiger partial charge in [0, 0.05) is 0 Å². The molecule has 9 heteroatoms. The van der Waals surface area contributed by atoms with E-state index in [-0.39, 0.29) is 0 Å². The molecule has 3 N–H and O–H groups in total. The van der Waals surface area contributed by atoms with Gasteiger partial charge < -0.3 is 0 Å². The second kappa shape index (κ2) is 5.26. The van der Waals surface area contributed by atoms with Gasteiger partial charge in [0.05, 0.1) is 10.9 Å². The van der Waals surface area contributed by atoms with Gasteiger partial charge in [0.15, 0.2) is 0 Å². The van der Waals surface area contributed by atoms with Crippen molar-refractivity contribution in [1.82, 2.24) is 4.72 Å². The van der Waals surface area contributed by atoms with Crippen molar-refractivity contribution in [2.24, 2.45) is 5.14 Å². The highest BCUT2D eigenvalue weighted by molar-refractivity contribution is 7.89.